The fraction of sp³-hybridized carbons (Fsp3) is 0.714. The van der Waals surface area contributed by atoms with Crippen LogP contribution < -0.4 is 11.1 Å². The Bertz CT molecular complexity index is 419. The van der Waals surface area contributed by atoms with Gasteiger partial charge in [-0.15, -0.1) is 35.3 Å². The molecule has 1 heterocycles. The number of nitrogens with two attached hydrogens (primary N) is 1. The molecule has 20 heavy (non-hydrogen) atoms. The molecular formula is C14H25IN4S. The van der Waals surface area contributed by atoms with Gasteiger partial charge in [-0.3, -0.25) is 4.99 Å². The van der Waals surface area contributed by atoms with E-state index in [0.29, 0.717) is 12.0 Å². The van der Waals surface area contributed by atoms with E-state index in [-0.39, 0.29) is 24.0 Å². The normalized spacial score (nSPS) is 14.8. The van der Waals surface area contributed by atoms with E-state index in [0.717, 1.165) is 19.4 Å². The molecule has 0 atom stereocenters. The first-order valence-electron chi connectivity index (χ1n) is 7.19. The van der Waals surface area contributed by atoms with Gasteiger partial charge in [0.2, 0.25) is 0 Å². The molecule has 0 bridgehead atoms. The maximum Gasteiger partial charge on any atom is 0.188 e. The molecule has 114 valence electrons. The summed E-state index contributed by atoms with van der Waals surface area (Å²) in [5, 5.41) is 4.37. The van der Waals surface area contributed by atoms with Crippen LogP contribution in [0.5, 0.6) is 0 Å². The molecule has 0 fully saturated rings. The number of halogens is 1. The van der Waals surface area contributed by atoms with Crippen LogP contribution in [0.1, 0.15) is 48.7 Å². The van der Waals surface area contributed by atoms with Crippen LogP contribution in [-0.2, 0) is 19.3 Å². The number of aryl methyl sites for hydroxylation is 3. The number of aliphatic imine (C=N–C) groups is 1. The summed E-state index contributed by atoms with van der Waals surface area (Å²) in [4.78, 5) is 10.6. The first-order chi connectivity index (χ1) is 9.15. The highest BCUT2D eigenvalue weighted by atomic mass is 127. The van der Waals surface area contributed by atoms with Gasteiger partial charge in [0.05, 0.1) is 10.7 Å². The second kappa shape index (κ2) is 8.81. The number of aromatic nitrogens is 1. The van der Waals surface area contributed by atoms with Gasteiger partial charge in [-0.1, -0.05) is 0 Å². The molecule has 0 saturated heterocycles. The Morgan fingerprint density at radius 1 is 1.40 bits per heavy atom. The lowest BCUT2D eigenvalue weighted by molar-refractivity contribution is 0.679. The van der Waals surface area contributed by atoms with Crippen molar-refractivity contribution in [3.63, 3.8) is 0 Å². The first kappa shape index (κ1) is 17.7. The summed E-state index contributed by atoms with van der Waals surface area (Å²) in [5.74, 6) is 0.549. The number of nitrogens with zero attached hydrogens (tertiary/aromatic N) is 2. The Balaban J connectivity index is 0.00000200. The Morgan fingerprint density at radius 3 is 2.85 bits per heavy atom. The maximum atomic E-state index is 5.76. The average molecular weight is 408 g/mol. The Labute approximate surface area is 142 Å². The molecule has 1 aromatic rings. The lowest BCUT2D eigenvalue weighted by Gasteiger charge is -2.07. The van der Waals surface area contributed by atoms with Gasteiger partial charge in [0.15, 0.2) is 5.96 Å². The van der Waals surface area contributed by atoms with Crippen molar-refractivity contribution in [2.75, 3.05) is 6.54 Å². The monoisotopic (exact) mass is 408 g/mol. The fourth-order valence-electron chi connectivity index (χ4n) is 2.28. The Morgan fingerprint density at radius 2 is 2.15 bits per heavy atom. The van der Waals surface area contributed by atoms with Gasteiger partial charge in [-0.25, -0.2) is 4.98 Å². The highest BCUT2D eigenvalue weighted by molar-refractivity contribution is 14.0. The smallest absolute Gasteiger partial charge is 0.188 e. The van der Waals surface area contributed by atoms with Gasteiger partial charge in [-0.05, 0) is 46.0 Å². The van der Waals surface area contributed by atoms with E-state index in [1.165, 1.54) is 41.3 Å². The van der Waals surface area contributed by atoms with Crippen molar-refractivity contribution < 1.29 is 0 Å². The quantitative estimate of drug-likeness (QED) is 0.341. The summed E-state index contributed by atoms with van der Waals surface area (Å²) in [5.41, 5.74) is 7.12. The zero-order valence-electron chi connectivity index (χ0n) is 12.3. The minimum absolute atomic E-state index is 0. The van der Waals surface area contributed by atoms with Crippen molar-refractivity contribution in [3.8, 4) is 0 Å². The summed E-state index contributed by atoms with van der Waals surface area (Å²) in [7, 11) is 0. The van der Waals surface area contributed by atoms with Gasteiger partial charge < -0.3 is 11.1 Å². The number of nitrogens with one attached hydrogen (secondary N) is 1. The SMILES string of the molecule is CC(C)NC(N)=NCCCc1nc2c(s1)CCCC2.I. The minimum Gasteiger partial charge on any atom is -0.370 e. The molecule has 4 nitrogen and oxygen atoms in total. The van der Waals surface area contributed by atoms with E-state index in [1.54, 1.807) is 0 Å². The number of fused-ring (bicyclic) bond motifs is 1. The number of thiazole rings is 1. The number of guanidine groups is 1. The van der Waals surface area contributed by atoms with E-state index < -0.39 is 0 Å². The lowest BCUT2D eigenvalue weighted by Crippen LogP contribution is -2.36. The molecule has 0 aromatic carbocycles. The summed E-state index contributed by atoms with van der Waals surface area (Å²) in [6.07, 6.45) is 7.09. The molecule has 1 aromatic heterocycles. The summed E-state index contributed by atoms with van der Waals surface area (Å²) < 4.78 is 0. The molecule has 1 aliphatic rings. The van der Waals surface area contributed by atoms with Crippen LogP contribution in [0, 0.1) is 0 Å². The number of hydrogen-bond donors (Lipinski definition) is 2. The third-order valence-corrected chi connectivity index (χ3v) is 4.37. The third kappa shape index (κ3) is 5.55. The van der Waals surface area contributed by atoms with E-state index in [1.807, 2.05) is 11.3 Å². The second-order valence-corrected chi connectivity index (χ2v) is 6.52. The fourth-order valence-corrected chi connectivity index (χ4v) is 3.48. The van der Waals surface area contributed by atoms with E-state index in [4.69, 9.17) is 10.7 Å². The first-order valence-corrected chi connectivity index (χ1v) is 8.00. The van der Waals surface area contributed by atoms with Gasteiger partial charge in [0.1, 0.15) is 0 Å². The van der Waals surface area contributed by atoms with Crippen LogP contribution >= 0.6 is 35.3 Å². The van der Waals surface area contributed by atoms with Crippen molar-refractivity contribution in [2.24, 2.45) is 10.7 Å². The lowest BCUT2D eigenvalue weighted by atomic mass is 10.0. The van der Waals surface area contributed by atoms with E-state index in [2.05, 4.69) is 24.2 Å². The number of hydrogen-bond acceptors (Lipinski definition) is 3. The van der Waals surface area contributed by atoms with Gasteiger partial charge in [0.25, 0.3) is 0 Å². The van der Waals surface area contributed by atoms with Crippen LogP contribution in [0.3, 0.4) is 0 Å². The zero-order valence-corrected chi connectivity index (χ0v) is 15.5. The van der Waals surface area contributed by atoms with E-state index in [9.17, 15) is 0 Å². The molecule has 0 amide bonds. The van der Waals surface area contributed by atoms with Crippen LogP contribution in [-0.4, -0.2) is 23.5 Å². The average Bonchev–Trinajstić information content (AvgIpc) is 2.76. The van der Waals surface area contributed by atoms with Gasteiger partial charge in [-0.2, -0.15) is 0 Å². The summed E-state index contributed by atoms with van der Waals surface area (Å²) >= 11 is 1.90. The largest absolute Gasteiger partial charge is 0.370 e. The molecule has 6 heteroatoms. The summed E-state index contributed by atoms with van der Waals surface area (Å²) in [6.45, 7) is 4.89. The van der Waals surface area contributed by atoms with Crippen molar-refractivity contribution in [1.82, 2.24) is 10.3 Å². The van der Waals surface area contributed by atoms with Crippen molar-refractivity contribution in [3.05, 3.63) is 15.6 Å². The molecule has 0 saturated carbocycles. The highest BCUT2D eigenvalue weighted by Crippen LogP contribution is 2.27. The minimum atomic E-state index is 0. The standard InChI is InChI=1S/C14H24N4S.HI/c1-10(2)17-14(15)16-9-5-8-13-18-11-6-3-4-7-12(11)19-13;/h10H,3-9H2,1-2H3,(H3,15,16,17);1H. The van der Waals surface area contributed by atoms with Crippen LogP contribution in [0.2, 0.25) is 0 Å². The second-order valence-electron chi connectivity index (χ2n) is 5.35. The van der Waals surface area contributed by atoms with Crippen molar-refractivity contribution in [1.29, 1.82) is 0 Å². The van der Waals surface area contributed by atoms with Gasteiger partial charge >= 0.3 is 0 Å². The number of rotatable bonds is 5. The predicted octanol–water partition coefficient (Wildman–Crippen LogP) is 2.89. The Hall–Kier alpha value is -0.370. The molecule has 0 radical (unpaired) electrons. The molecule has 1 aliphatic carbocycles. The zero-order chi connectivity index (χ0) is 13.7. The van der Waals surface area contributed by atoms with Crippen molar-refractivity contribution >= 4 is 41.3 Å². The van der Waals surface area contributed by atoms with E-state index >= 15 is 0 Å². The molecular weight excluding hydrogens is 383 g/mol. The molecule has 0 spiro atoms. The molecule has 2 rings (SSSR count). The van der Waals surface area contributed by atoms with Crippen molar-refractivity contribution in [2.45, 2.75) is 58.4 Å². The topological polar surface area (TPSA) is 63.3 Å². The van der Waals surface area contributed by atoms with Crippen LogP contribution in [0.15, 0.2) is 4.99 Å². The summed E-state index contributed by atoms with van der Waals surface area (Å²) in [6, 6.07) is 0.342. The Kier molecular flexibility index (Phi) is 7.79. The molecule has 0 aliphatic heterocycles. The van der Waals surface area contributed by atoms with Crippen LogP contribution in [0.25, 0.3) is 0 Å². The highest BCUT2D eigenvalue weighted by Gasteiger charge is 2.14. The van der Waals surface area contributed by atoms with Crippen LogP contribution in [0.4, 0.5) is 0 Å². The van der Waals surface area contributed by atoms with Gasteiger partial charge in [0, 0.05) is 23.9 Å². The predicted molar refractivity (Wildman–Crippen MR) is 97.3 cm³/mol. The maximum absolute atomic E-state index is 5.76. The molecule has 3 N–H and O–H groups in total. The third-order valence-electron chi connectivity index (χ3n) is 3.16. The molecule has 0 unspecified atom stereocenters.